The van der Waals surface area contributed by atoms with Gasteiger partial charge >= 0.3 is 0 Å². The highest BCUT2D eigenvalue weighted by atomic mass is 16.3. The Morgan fingerprint density at radius 2 is 1.56 bits per heavy atom. The summed E-state index contributed by atoms with van der Waals surface area (Å²) in [6.07, 6.45) is -3.18. The Morgan fingerprint density at radius 1 is 1.06 bits per heavy atom. The van der Waals surface area contributed by atoms with Crippen LogP contribution in [-0.2, 0) is 9.59 Å². The highest BCUT2D eigenvalue weighted by Crippen LogP contribution is 2.06. The zero-order valence-electron chi connectivity index (χ0n) is 10.2. The molecule has 0 aliphatic heterocycles. The number of nitrogens with one attached hydrogen (secondary N) is 1. The van der Waals surface area contributed by atoms with E-state index in [0.29, 0.717) is 0 Å². The topological polar surface area (TPSA) is 86.6 Å². The number of Topliss-reactive ketones (excluding diaryl/α,β-unsaturated/α-hetero) is 1. The molecule has 0 saturated heterocycles. The van der Waals surface area contributed by atoms with Gasteiger partial charge in [0.1, 0.15) is 6.10 Å². The van der Waals surface area contributed by atoms with Gasteiger partial charge in [0.25, 0.3) is 5.91 Å². The molecule has 0 heterocycles. The van der Waals surface area contributed by atoms with Gasteiger partial charge in [-0.15, -0.1) is 0 Å². The summed E-state index contributed by atoms with van der Waals surface area (Å²) in [5.41, 5.74) is 0. The number of rotatable bonds is 6. The van der Waals surface area contributed by atoms with E-state index in [4.69, 9.17) is 0 Å². The molecular formula is C11H21NO4. The van der Waals surface area contributed by atoms with Crippen LogP contribution >= 0.6 is 0 Å². The maximum absolute atomic E-state index is 11.4. The minimum Gasteiger partial charge on any atom is -0.382 e. The van der Waals surface area contributed by atoms with Crippen molar-refractivity contribution in [3.8, 4) is 0 Å². The van der Waals surface area contributed by atoms with Gasteiger partial charge in [-0.1, -0.05) is 13.8 Å². The molecule has 0 aliphatic rings. The highest BCUT2D eigenvalue weighted by Gasteiger charge is 2.30. The van der Waals surface area contributed by atoms with E-state index in [1.165, 1.54) is 0 Å². The van der Waals surface area contributed by atoms with Crippen LogP contribution in [0.1, 0.15) is 34.1 Å². The summed E-state index contributed by atoms with van der Waals surface area (Å²) < 4.78 is 0. The molecule has 0 radical (unpaired) electrons. The third-order valence-electron chi connectivity index (χ3n) is 1.94. The molecular weight excluding hydrogens is 210 g/mol. The van der Waals surface area contributed by atoms with E-state index in [9.17, 15) is 19.8 Å². The first-order chi connectivity index (χ1) is 7.25. The Morgan fingerprint density at radius 3 is 1.94 bits per heavy atom. The average molecular weight is 231 g/mol. The van der Waals surface area contributed by atoms with Crippen molar-refractivity contribution in [2.75, 3.05) is 0 Å². The third-order valence-corrected chi connectivity index (χ3v) is 1.94. The van der Waals surface area contributed by atoms with Crippen molar-refractivity contribution in [1.82, 2.24) is 5.32 Å². The van der Waals surface area contributed by atoms with Crippen molar-refractivity contribution in [3.05, 3.63) is 0 Å². The molecule has 0 aromatic carbocycles. The van der Waals surface area contributed by atoms with Gasteiger partial charge in [-0.2, -0.15) is 0 Å². The van der Waals surface area contributed by atoms with Crippen molar-refractivity contribution >= 4 is 11.7 Å². The van der Waals surface area contributed by atoms with E-state index in [1.54, 1.807) is 13.8 Å². The van der Waals surface area contributed by atoms with Crippen LogP contribution in [0, 0.1) is 5.92 Å². The Hall–Kier alpha value is -0.940. The van der Waals surface area contributed by atoms with Gasteiger partial charge in [-0.05, 0) is 19.8 Å². The molecule has 0 aliphatic carbocycles. The van der Waals surface area contributed by atoms with E-state index in [0.717, 1.165) is 0 Å². The van der Waals surface area contributed by atoms with E-state index < -0.39 is 23.9 Å². The Bertz CT molecular complexity index is 224. The monoisotopic (exact) mass is 231 g/mol. The lowest BCUT2D eigenvalue weighted by Crippen LogP contribution is -2.47. The molecule has 0 aromatic rings. The molecule has 0 rings (SSSR count). The summed E-state index contributed by atoms with van der Waals surface area (Å²) in [5, 5.41) is 21.3. The molecule has 0 saturated carbocycles. The van der Waals surface area contributed by atoms with Gasteiger partial charge in [-0.3, -0.25) is 9.59 Å². The molecule has 3 N–H and O–H groups in total. The minimum absolute atomic E-state index is 0.0857. The zero-order valence-corrected chi connectivity index (χ0v) is 10.2. The predicted molar refractivity (Wildman–Crippen MR) is 59.8 cm³/mol. The van der Waals surface area contributed by atoms with Gasteiger partial charge in [0.15, 0.2) is 11.9 Å². The van der Waals surface area contributed by atoms with Gasteiger partial charge in [0.05, 0.1) is 0 Å². The van der Waals surface area contributed by atoms with Crippen molar-refractivity contribution in [2.24, 2.45) is 5.92 Å². The van der Waals surface area contributed by atoms with E-state index >= 15 is 0 Å². The number of hydrogen-bond donors (Lipinski definition) is 3. The molecule has 94 valence electrons. The number of aliphatic hydroxyl groups excluding tert-OH is 2. The lowest BCUT2D eigenvalue weighted by atomic mass is 10.00. The van der Waals surface area contributed by atoms with Crippen LogP contribution in [0.2, 0.25) is 0 Å². The second-order valence-corrected chi connectivity index (χ2v) is 4.62. The van der Waals surface area contributed by atoms with Crippen LogP contribution in [0.4, 0.5) is 0 Å². The molecule has 0 unspecified atom stereocenters. The van der Waals surface area contributed by atoms with E-state index in [-0.39, 0.29) is 18.4 Å². The summed E-state index contributed by atoms with van der Waals surface area (Å²) in [6.45, 7) is 7.11. The van der Waals surface area contributed by atoms with Crippen LogP contribution in [0.3, 0.4) is 0 Å². The Balaban J connectivity index is 4.31. The second-order valence-electron chi connectivity index (χ2n) is 4.62. The average Bonchev–Trinajstić information content (AvgIpc) is 2.13. The van der Waals surface area contributed by atoms with Crippen LogP contribution in [0.15, 0.2) is 0 Å². The molecule has 0 aromatic heterocycles. The summed E-state index contributed by atoms with van der Waals surface area (Å²) in [4.78, 5) is 22.7. The van der Waals surface area contributed by atoms with Crippen molar-refractivity contribution in [3.63, 3.8) is 0 Å². The number of amides is 1. The first-order valence-electron chi connectivity index (χ1n) is 5.45. The van der Waals surface area contributed by atoms with Crippen molar-refractivity contribution in [2.45, 2.75) is 52.4 Å². The summed E-state index contributed by atoms with van der Waals surface area (Å²) in [6, 6.07) is -0.144. The summed E-state index contributed by atoms with van der Waals surface area (Å²) >= 11 is 0. The predicted octanol–water partition coefficient (Wildman–Crippen LogP) is -0.152. The summed E-state index contributed by atoms with van der Waals surface area (Å²) in [5.74, 6) is -1.15. The standard InChI is InChI=1S/C11H21NO4/c1-6(2)5-8(13)9(14)10(15)11(16)12-7(3)4/h6-7,9-10,14-15H,5H2,1-4H3,(H,12,16)/t9-,10-/m0/s1. The van der Waals surface area contributed by atoms with Gasteiger partial charge in [0.2, 0.25) is 0 Å². The van der Waals surface area contributed by atoms with Crippen LogP contribution in [0.5, 0.6) is 0 Å². The van der Waals surface area contributed by atoms with Crippen molar-refractivity contribution in [1.29, 1.82) is 0 Å². The molecule has 5 nitrogen and oxygen atoms in total. The molecule has 0 bridgehead atoms. The largest absolute Gasteiger partial charge is 0.382 e. The second kappa shape index (κ2) is 6.60. The smallest absolute Gasteiger partial charge is 0.252 e. The van der Waals surface area contributed by atoms with Gasteiger partial charge < -0.3 is 15.5 Å². The molecule has 2 atom stereocenters. The number of hydrogen-bond acceptors (Lipinski definition) is 4. The maximum atomic E-state index is 11.4. The molecule has 0 fully saturated rings. The van der Waals surface area contributed by atoms with Gasteiger partial charge in [0, 0.05) is 12.5 Å². The Labute approximate surface area is 95.9 Å². The fraction of sp³-hybridized carbons (Fsp3) is 0.818. The number of ketones is 1. The van der Waals surface area contributed by atoms with E-state index in [2.05, 4.69) is 5.32 Å². The van der Waals surface area contributed by atoms with Crippen molar-refractivity contribution < 1.29 is 19.8 Å². The SMILES string of the molecule is CC(C)CC(=O)[C@H](O)[C@H](O)C(=O)NC(C)C. The van der Waals surface area contributed by atoms with Gasteiger partial charge in [-0.25, -0.2) is 0 Å². The quantitative estimate of drug-likeness (QED) is 0.593. The fourth-order valence-corrected chi connectivity index (χ4v) is 1.21. The Kier molecular flexibility index (Phi) is 6.21. The summed E-state index contributed by atoms with van der Waals surface area (Å²) in [7, 11) is 0. The maximum Gasteiger partial charge on any atom is 0.252 e. The first-order valence-corrected chi connectivity index (χ1v) is 5.45. The lowest BCUT2D eigenvalue weighted by molar-refractivity contribution is -0.145. The van der Waals surface area contributed by atoms with E-state index in [1.807, 2.05) is 13.8 Å². The number of carbonyl (C=O) groups is 2. The lowest BCUT2D eigenvalue weighted by Gasteiger charge is -2.18. The molecule has 1 amide bonds. The third kappa shape index (κ3) is 5.23. The van der Waals surface area contributed by atoms with Crippen LogP contribution in [0.25, 0.3) is 0 Å². The fourth-order valence-electron chi connectivity index (χ4n) is 1.21. The minimum atomic E-state index is -1.69. The molecule has 5 heteroatoms. The number of carbonyl (C=O) groups excluding carboxylic acids is 2. The van der Waals surface area contributed by atoms with Crippen LogP contribution < -0.4 is 5.32 Å². The highest BCUT2D eigenvalue weighted by molar-refractivity contribution is 5.91. The molecule has 0 spiro atoms. The van der Waals surface area contributed by atoms with Crippen LogP contribution in [-0.4, -0.2) is 40.2 Å². The number of aliphatic hydroxyl groups is 2. The normalized spacial score (nSPS) is 15.0. The zero-order chi connectivity index (χ0) is 12.9. The molecule has 16 heavy (non-hydrogen) atoms. The first kappa shape index (κ1) is 15.1.